The van der Waals surface area contributed by atoms with Gasteiger partial charge in [0, 0.05) is 18.0 Å². The first kappa shape index (κ1) is 19.6. The van der Waals surface area contributed by atoms with Gasteiger partial charge < -0.3 is 10.1 Å². The Morgan fingerprint density at radius 2 is 1.93 bits per heavy atom. The summed E-state index contributed by atoms with van der Waals surface area (Å²) >= 11 is 5.01. The third kappa shape index (κ3) is 4.55. The Morgan fingerprint density at radius 3 is 2.71 bits per heavy atom. The molecule has 28 heavy (non-hydrogen) atoms. The van der Waals surface area contributed by atoms with E-state index in [1.165, 1.54) is 0 Å². The van der Waals surface area contributed by atoms with E-state index in [1.54, 1.807) is 13.1 Å². The molecule has 3 aromatic rings. The number of hydrogen-bond acceptors (Lipinski definition) is 4. The van der Waals surface area contributed by atoms with Gasteiger partial charge in [0.05, 0.1) is 23.4 Å². The molecule has 3 N–H and O–H groups in total. The van der Waals surface area contributed by atoms with Crippen LogP contribution in [0.1, 0.15) is 23.7 Å². The lowest BCUT2D eigenvalue weighted by Crippen LogP contribution is -2.45. The van der Waals surface area contributed by atoms with Crippen molar-refractivity contribution in [3.05, 3.63) is 60.2 Å². The topological polar surface area (TPSA) is 75.3 Å². The first-order valence-electron chi connectivity index (χ1n) is 9.03. The zero-order chi connectivity index (χ0) is 19.9. The Kier molecular flexibility index (Phi) is 6.39. The van der Waals surface area contributed by atoms with E-state index < -0.39 is 0 Å². The molecule has 6 nitrogen and oxygen atoms in total. The van der Waals surface area contributed by atoms with Gasteiger partial charge in [0.2, 0.25) is 0 Å². The smallest absolute Gasteiger partial charge is 0.270 e. The average molecular weight is 395 g/mol. The van der Waals surface area contributed by atoms with E-state index in [9.17, 15) is 4.79 Å². The molecule has 0 saturated carbocycles. The number of nitrogens with one attached hydrogen (secondary N) is 3. The molecule has 1 aromatic heterocycles. The number of ether oxygens (including phenoxy) is 1. The molecule has 7 heteroatoms. The number of carbonyl (C=O) groups excluding carboxylic acids is 1. The molecule has 0 bridgehead atoms. The number of rotatable bonds is 5. The van der Waals surface area contributed by atoms with Crippen LogP contribution >= 0.6 is 12.2 Å². The van der Waals surface area contributed by atoms with Gasteiger partial charge >= 0.3 is 0 Å². The predicted octanol–water partition coefficient (Wildman–Crippen LogP) is 3.43. The van der Waals surface area contributed by atoms with Gasteiger partial charge in [0.25, 0.3) is 5.91 Å². The summed E-state index contributed by atoms with van der Waals surface area (Å²) in [5.74, 6) is 0.484. The molecule has 0 unspecified atom stereocenters. The summed E-state index contributed by atoms with van der Waals surface area (Å²) in [6, 6.07) is 17.0. The molecule has 0 radical (unpaired) electrons. The molecular weight excluding hydrogens is 372 g/mol. The lowest BCUT2D eigenvalue weighted by molar-refractivity contribution is 0.0945. The summed E-state index contributed by atoms with van der Waals surface area (Å²) in [5.41, 5.74) is 8.10. The third-order valence-corrected chi connectivity index (χ3v) is 4.39. The van der Waals surface area contributed by atoms with Gasteiger partial charge in [-0.15, -0.1) is 0 Å². The minimum absolute atomic E-state index is 0.296. The van der Waals surface area contributed by atoms with Crippen LogP contribution in [0.2, 0.25) is 0 Å². The van der Waals surface area contributed by atoms with Crippen molar-refractivity contribution in [2.24, 2.45) is 0 Å². The third-order valence-electron chi connectivity index (χ3n) is 4.08. The van der Waals surface area contributed by atoms with E-state index in [4.69, 9.17) is 21.9 Å². The number of pyridine rings is 1. The lowest BCUT2D eigenvalue weighted by Gasteiger charge is -2.13. The van der Waals surface area contributed by atoms with Crippen molar-refractivity contribution < 1.29 is 9.53 Å². The number of benzene rings is 2. The van der Waals surface area contributed by atoms with E-state index in [1.807, 2.05) is 48.5 Å². The largest absolute Gasteiger partial charge is 0.494 e. The van der Waals surface area contributed by atoms with E-state index in [0.29, 0.717) is 23.0 Å². The second-order valence-corrected chi connectivity index (χ2v) is 6.51. The number of nitrogens with zero attached hydrogens (tertiary/aromatic N) is 1. The van der Waals surface area contributed by atoms with Crippen molar-refractivity contribution in [1.82, 2.24) is 21.2 Å². The maximum absolute atomic E-state index is 12.8. The number of amides is 1. The first-order valence-corrected chi connectivity index (χ1v) is 9.44. The van der Waals surface area contributed by atoms with Crippen molar-refractivity contribution in [3.8, 4) is 17.0 Å². The zero-order valence-corrected chi connectivity index (χ0v) is 16.6. The normalized spacial score (nSPS) is 10.4. The van der Waals surface area contributed by atoms with Gasteiger partial charge in [0.15, 0.2) is 5.11 Å². The molecular formula is C21H22N4O2S. The van der Waals surface area contributed by atoms with Crippen molar-refractivity contribution >= 4 is 34.1 Å². The van der Waals surface area contributed by atoms with Crippen LogP contribution in [0.15, 0.2) is 54.6 Å². The molecule has 144 valence electrons. The number of para-hydroxylation sites is 1. The highest BCUT2D eigenvalue weighted by Gasteiger charge is 2.14. The zero-order valence-electron chi connectivity index (χ0n) is 15.8. The van der Waals surface area contributed by atoms with Crippen LogP contribution in [-0.2, 0) is 0 Å². The first-order chi connectivity index (χ1) is 13.6. The molecule has 0 aliphatic carbocycles. The monoisotopic (exact) mass is 394 g/mol. The van der Waals surface area contributed by atoms with Gasteiger partial charge in [-0.05, 0) is 42.9 Å². The van der Waals surface area contributed by atoms with Crippen molar-refractivity contribution in [2.45, 2.75) is 13.3 Å². The summed E-state index contributed by atoms with van der Waals surface area (Å²) in [4.78, 5) is 17.5. The molecule has 0 aliphatic heterocycles. The number of fused-ring (bicyclic) bond motifs is 1. The summed E-state index contributed by atoms with van der Waals surface area (Å²) < 4.78 is 5.72. The Balaban J connectivity index is 2.00. The van der Waals surface area contributed by atoms with Crippen LogP contribution in [-0.4, -0.2) is 29.7 Å². The fourth-order valence-corrected chi connectivity index (χ4v) is 2.77. The van der Waals surface area contributed by atoms with Gasteiger partial charge in [-0.2, -0.15) is 0 Å². The predicted molar refractivity (Wildman–Crippen MR) is 115 cm³/mol. The number of hydrogen-bond donors (Lipinski definition) is 3. The van der Waals surface area contributed by atoms with Gasteiger partial charge in [-0.3, -0.25) is 15.6 Å². The molecule has 0 fully saturated rings. The highest BCUT2D eigenvalue weighted by Crippen LogP contribution is 2.27. The number of carbonyl (C=O) groups is 1. The molecule has 1 heterocycles. The Hall–Kier alpha value is -3.19. The number of aromatic nitrogens is 1. The second-order valence-electron chi connectivity index (χ2n) is 6.11. The van der Waals surface area contributed by atoms with Gasteiger partial charge in [-0.25, -0.2) is 4.98 Å². The standard InChI is InChI=1S/C21H22N4O2S/c1-3-11-27-15-8-6-7-14(12-15)19-13-17(20(26)24-25-21(28)22-2)16-9-4-5-10-18(16)23-19/h4-10,12-13H,3,11H2,1-2H3,(H,24,26)(H2,22,25,28). The minimum atomic E-state index is -0.296. The number of thiocarbonyl (C=S) groups is 1. The quantitative estimate of drug-likeness (QED) is 0.455. The van der Waals surface area contributed by atoms with E-state index in [-0.39, 0.29) is 5.91 Å². The highest BCUT2D eigenvalue weighted by molar-refractivity contribution is 7.80. The molecule has 3 rings (SSSR count). The summed E-state index contributed by atoms with van der Waals surface area (Å²) in [5, 5.41) is 3.84. The van der Waals surface area contributed by atoms with E-state index >= 15 is 0 Å². The van der Waals surface area contributed by atoms with Crippen LogP contribution in [0.4, 0.5) is 0 Å². The van der Waals surface area contributed by atoms with Crippen LogP contribution < -0.4 is 20.9 Å². The maximum Gasteiger partial charge on any atom is 0.270 e. The molecule has 0 spiro atoms. The highest BCUT2D eigenvalue weighted by atomic mass is 32.1. The fraction of sp³-hybridized carbons (Fsp3) is 0.190. The Bertz CT molecular complexity index is 1010. The molecule has 1 amide bonds. The maximum atomic E-state index is 12.8. The summed E-state index contributed by atoms with van der Waals surface area (Å²) in [6.07, 6.45) is 0.935. The van der Waals surface area contributed by atoms with Crippen molar-refractivity contribution in [2.75, 3.05) is 13.7 Å². The van der Waals surface area contributed by atoms with Crippen LogP contribution in [0.5, 0.6) is 5.75 Å². The Labute approximate surface area is 169 Å². The average Bonchev–Trinajstić information content (AvgIpc) is 2.75. The number of hydrazine groups is 1. The van der Waals surface area contributed by atoms with Gasteiger partial charge in [-0.1, -0.05) is 37.3 Å². The van der Waals surface area contributed by atoms with Crippen molar-refractivity contribution in [1.29, 1.82) is 0 Å². The van der Waals surface area contributed by atoms with E-state index in [0.717, 1.165) is 28.6 Å². The van der Waals surface area contributed by atoms with Gasteiger partial charge in [0.1, 0.15) is 5.75 Å². The van der Waals surface area contributed by atoms with Crippen molar-refractivity contribution in [3.63, 3.8) is 0 Å². The van der Waals surface area contributed by atoms with Crippen LogP contribution in [0, 0.1) is 0 Å². The molecule has 0 aliphatic rings. The molecule has 0 atom stereocenters. The summed E-state index contributed by atoms with van der Waals surface area (Å²) in [7, 11) is 1.68. The van der Waals surface area contributed by atoms with Crippen LogP contribution in [0.25, 0.3) is 22.2 Å². The second kappa shape index (κ2) is 9.14. The lowest BCUT2D eigenvalue weighted by atomic mass is 10.0. The minimum Gasteiger partial charge on any atom is -0.494 e. The molecule has 2 aromatic carbocycles. The van der Waals surface area contributed by atoms with E-state index in [2.05, 4.69) is 23.1 Å². The SMILES string of the molecule is CCCOc1cccc(-c2cc(C(=O)NNC(=S)NC)c3ccccc3n2)c1. The molecule has 0 saturated heterocycles. The van der Waals surface area contributed by atoms with Crippen LogP contribution in [0.3, 0.4) is 0 Å². The fourth-order valence-electron chi connectivity index (χ4n) is 2.72. The Morgan fingerprint density at radius 1 is 1.11 bits per heavy atom. The summed E-state index contributed by atoms with van der Waals surface area (Å²) in [6.45, 7) is 2.71.